The second kappa shape index (κ2) is 81.3. The maximum atomic E-state index is 13.3. The number of carbonyl (C=O) groups excluding carboxylic acids is 6. The summed E-state index contributed by atoms with van der Waals surface area (Å²) in [6.07, 6.45) is 43.7. The van der Waals surface area contributed by atoms with Crippen LogP contribution in [0.15, 0.2) is 24.8 Å². The number of aliphatic hydroxyl groups excluding tert-OH is 12. The minimum Gasteiger partial charge on any atom is -0.396 e. The Morgan fingerprint density at radius 3 is 0.707 bits per heavy atom. The molecule has 0 bridgehead atoms. The average Bonchev–Trinajstić information content (AvgIpc) is 1.02. The van der Waals surface area contributed by atoms with E-state index in [-0.39, 0.29) is 114 Å². The molecule has 4 heterocycles. The number of aromatic nitrogens is 12. The van der Waals surface area contributed by atoms with E-state index in [0.717, 1.165) is 84.5 Å². The van der Waals surface area contributed by atoms with E-state index in [9.17, 15) is 90.0 Å². The predicted octanol–water partition coefficient (Wildman–Crippen LogP) is 8.17. The smallest absolute Gasteiger partial charge is 0.221 e. The molecule has 808 valence electrons. The van der Waals surface area contributed by atoms with Crippen LogP contribution in [-0.2, 0) is 100 Å². The molecule has 0 saturated carbocycles. The Morgan fingerprint density at radius 2 is 0.486 bits per heavy atom. The number of aliphatic hydroxyl groups is 12. The zero-order valence-corrected chi connectivity index (χ0v) is 89.4. The van der Waals surface area contributed by atoms with E-state index < -0.39 is 112 Å². The molecule has 4 amide bonds. The summed E-state index contributed by atoms with van der Waals surface area (Å²) >= 11 is 10.1. The van der Waals surface area contributed by atoms with E-state index >= 15 is 0 Å². The number of ketones is 2. The number of unbranched alkanes of at least 4 members (excludes halogenated alkanes) is 22. The maximum Gasteiger partial charge on any atom is 0.221 e. The van der Waals surface area contributed by atoms with Gasteiger partial charge in [0.05, 0.1) is 168 Å². The fourth-order valence-electron chi connectivity index (χ4n) is 14.6. The van der Waals surface area contributed by atoms with Crippen LogP contribution in [0.25, 0.3) is 0 Å². The Labute approximate surface area is 857 Å². The summed E-state index contributed by atoms with van der Waals surface area (Å²) in [5.41, 5.74) is -4.32. The van der Waals surface area contributed by atoms with Crippen molar-refractivity contribution >= 4 is 106 Å². The van der Waals surface area contributed by atoms with E-state index in [0.29, 0.717) is 97.6 Å². The molecular formula is C96H176N16O22S6. The molecule has 0 radical (unpaired) electrons. The summed E-state index contributed by atoms with van der Waals surface area (Å²) in [6, 6.07) is 0. The van der Waals surface area contributed by atoms with Gasteiger partial charge in [0.2, 0.25) is 23.6 Å². The van der Waals surface area contributed by atoms with Gasteiger partial charge in [-0.05, 0) is 86.9 Å². The number of carbonyl (C=O) groups is 6. The van der Waals surface area contributed by atoms with Crippen molar-refractivity contribution in [2.45, 2.75) is 334 Å². The normalized spacial score (nSPS) is 12.9. The summed E-state index contributed by atoms with van der Waals surface area (Å²) in [6.45, 7) is 6.14. The minimum atomic E-state index is -1.43. The van der Waals surface area contributed by atoms with Crippen molar-refractivity contribution in [3.8, 4) is 0 Å². The van der Waals surface area contributed by atoms with Crippen LogP contribution >= 0.6 is 70.6 Å². The highest BCUT2D eigenvalue weighted by atomic mass is 32.2. The van der Waals surface area contributed by atoms with Crippen molar-refractivity contribution < 1.29 is 109 Å². The molecule has 4 aromatic heterocycles. The van der Waals surface area contributed by atoms with Gasteiger partial charge >= 0.3 is 0 Å². The number of amides is 4. The molecule has 38 nitrogen and oxygen atoms in total. The molecule has 0 spiro atoms. The molecule has 140 heavy (non-hydrogen) atoms. The zero-order chi connectivity index (χ0) is 102. The fourth-order valence-corrected chi connectivity index (χ4v) is 20.0. The Hall–Kier alpha value is -4.76. The quantitative estimate of drug-likeness (QED) is 0.0185. The van der Waals surface area contributed by atoms with Crippen LogP contribution in [0, 0.1) is 10.8 Å². The Kier molecular flexibility index (Phi) is 75.1. The SMILES string of the molecule is CCCCCCCCCCCCCCCCSCCC(=O)NC(C)(COCc1cn(CCCSCCC(=O)CC(CO)(CO)CO)nn1)COCc1cn(CCCSCCC(=O)NC(CO)(CO)CO)nn1.CCCCCCCCCCCCSCCC(=O)NC(C)(COCc1cn(CCCSCCC(=O)CC(CO)(CO)CO)nn1)COCc1cn(CCCSCCC(=O)NC(CO)(CO)CO)nn1. The average molecular weight is 2100 g/mol. The number of Topliss-reactive ketones (excluding diaryl/α,β-unsaturated/α-hetero) is 2. The highest BCUT2D eigenvalue weighted by molar-refractivity contribution is 8.00. The molecule has 2 unspecified atom stereocenters. The van der Waals surface area contributed by atoms with Crippen LogP contribution in [0.2, 0.25) is 0 Å². The molecule has 44 heteroatoms. The number of rotatable bonds is 96. The number of aryl methyl sites for hydroxylation is 4. The highest BCUT2D eigenvalue weighted by Gasteiger charge is 2.35. The van der Waals surface area contributed by atoms with Crippen molar-refractivity contribution in [1.82, 2.24) is 81.2 Å². The van der Waals surface area contributed by atoms with E-state index in [1.165, 1.54) is 141 Å². The van der Waals surface area contributed by atoms with Gasteiger partial charge in [-0.25, -0.2) is 0 Å². The third-order valence-corrected chi connectivity index (χ3v) is 30.0. The van der Waals surface area contributed by atoms with Gasteiger partial charge < -0.3 is 101 Å². The first-order valence-corrected chi connectivity index (χ1v) is 57.7. The van der Waals surface area contributed by atoms with Gasteiger partial charge in [-0.3, -0.25) is 47.5 Å². The molecule has 4 rings (SSSR count). The Bertz CT molecular complexity index is 3560. The standard InChI is InChI=1S/C50H92N8O11S3.C46H84N8O11S3/c1-3-4-5-6-7-8-9-10-11-12-13-14-15-16-24-70-28-20-46(66)51-48(2,41-68-33-43-31-57(55-53-43)22-17-25-71-27-19-45(65)30-49(35-59,36-60)37-61)42-69-34-44-32-58(56-54-44)23-18-26-72-29-21-47(67)52-50(38-62,39-63)40-64;1-3-4-5-6-7-8-9-10-11-12-20-66-24-16-42(62)47-44(2,37-64-29-39-27-53(51-49-39)18-13-21-67-23-15-41(61)26-45(31-55,32-56)33-57)38-65-30-40-28-54(52-50-40)19-14-22-68-25-17-43(63)48-46(34-58,35-59)36-60/h31-32,59-64H,3-30,33-42H2,1-2H3,(H,51,66)(H,52,67);27-28,55-60H,3-26,29-38H2,1-2H3,(H,47,62)(H,48,63). The lowest BCUT2D eigenvalue weighted by atomic mass is 9.85. The van der Waals surface area contributed by atoms with Gasteiger partial charge in [-0.1, -0.05) is 176 Å². The number of thioether (sulfide) groups is 6. The Morgan fingerprint density at radius 1 is 0.279 bits per heavy atom. The topological polar surface area (TPSA) is 553 Å². The molecule has 0 aliphatic rings. The van der Waals surface area contributed by atoms with Crippen LogP contribution < -0.4 is 21.3 Å². The second-order valence-corrected chi connectivity index (χ2v) is 44.8. The predicted molar refractivity (Wildman–Crippen MR) is 555 cm³/mol. The van der Waals surface area contributed by atoms with Crippen molar-refractivity contribution in [1.29, 1.82) is 0 Å². The third kappa shape index (κ3) is 61.1. The molecule has 0 aromatic carbocycles. The number of nitrogens with one attached hydrogen (secondary N) is 4. The van der Waals surface area contributed by atoms with Gasteiger partial charge in [0.15, 0.2) is 0 Å². The molecular weight excluding hydrogens is 1920 g/mol. The highest BCUT2D eigenvalue weighted by Crippen LogP contribution is 2.26. The zero-order valence-electron chi connectivity index (χ0n) is 84.5. The van der Waals surface area contributed by atoms with Crippen LogP contribution in [0.3, 0.4) is 0 Å². The Balaban J connectivity index is 0.000000721. The van der Waals surface area contributed by atoms with Gasteiger partial charge in [-0.2, -0.15) is 70.6 Å². The van der Waals surface area contributed by atoms with E-state index in [1.54, 1.807) is 65.8 Å². The molecule has 0 aliphatic heterocycles. The van der Waals surface area contributed by atoms with Crippen LogP contribution in [0.5, 0.6) is 0 Å². The van der Waals surface area contributed by atoms with Crippen molar-refractivity contribution in [2.75, 3.05) is 175 Å². The minimum absolute atomic E-state index is 0.0610. The molecule has 0 fully saturated rings. The van der Waals surface area contributed by atoms with Gasteiger partial charge in [0.1, 0.15) is 45.4 Å². The maximum absolute atomic E-state index is 13.3. The van der Waals surface area contributed by atoms with E-state index in [4.69, 9.17) is 18.9 Å². The first-order valence-electron chi connectivity index (χ1n) is 50.8. The largest absolute Gasteiger partial charge is 0.396 e. The molecule has 0 saturated heterocycles. The number of nitrogens with zero attached hydrogens (tertiary/aromatic N) is 12. The van der Waals surface area contributed by atoms with E-state index in [2.05, 4.69) is 76.4 Å². The lowest BCUT2D eigenvalue weighted by Crippen LogP contribution is -2.57. The summed E-state index contributed by atoms with van der Waals surface area (Å²) in [5, 5.41) is 159. The van der Waals surface area contributed by atoms with Gasteiger partial charge in [0, 0.05) is 123 Å². The first kappa shape index (κ1) is 129. The lowest BCUT2D eigenvalue weighted by Gasteiger charge is -2.30. The second-order valence-electron chi connectivity index (χ2n) is 37.4. The number of ether oxygens (including phenoxy) is 4. The van der Waals surface area contributed by atoms with Crippen LogP contribution in [-0.4, -0.2) is 353 Å². The first-order chi connectivity index (χ1) is 67.8. The molecule has 16 N–H and O–H groups in total. The van der Waals surface area contributed by atoms with Crippen LogP contribution in [0.4, 0.5) is 0 Å². The lowest BCUT2D eigenvalue weighted by molar-refractivity contribution is -0.125. The molecule has 4 aromatic rings. The molecule has 2 atom stereocenters. The monoisotopic (exact) mass is 2100 g/mol. The van der Waals surface area contributed by atoms with Gasteiger partial charge in [-0.15, -0.1) is 20.4 Å². The van der Waals surface area contributed by atoms with Crippen LogP contribution in [0.1, 0.15) is 282 Å². The summed E-state index contributed by atoms with van der Waals surface area (Å²) in [5.74, 6) is 7.94. The number of hydrogen-bond acceptors (Lipinski definition) is 36. The summed E-state index contributed by atoms with van der Waals surface area (Å²) < 4.78 is 31.4. The fraction of sp³-hybridized carbons (Fsp3) is 0.854. The molecule has 0 aliphatic carbocycles. The van der Waals surface area contributed by atoms with Crippen molar-refractivity contribution in [3.05, 3.63) is 47.6 Å². The van der Waals surface area contributed by atoms with Crippen molar-refractivity contribution in [3.63, 3.8) is 0 Å². The number of hydrogen-bond donors (Lipinski definition) is 16. The van der Waals surface area contributed by atoms with Gasteiger partial charge in [0.25, 0.3) is 0 Å². The summed E-state index contributed by atoms with van der Waals surface area (Å²) in [7, 11) is 0. The third-order valence-electron chi connectivity index (χ3n) is 23.6. The van der Waals surface area contributed by atoms with Crippen molar-refractivity contribution in [2.24, 2.45) is 10.8 Å². The summed E-state index contributed by atoms with van der Waals surface area (Å²) in [4.78, 5) is 75.6. The van der Waals surface area contributed by atoms with E-state index in [1.807, 2.05) is 62.2 Å².